The van der Waals surface area contributed by atoms with Crippen LogP contribution in [0.25, 0.3) is 0 Å². The van der Waals surface area contributed by atoms with E-state index in [1.807, 2.05) is 0 Å². The summed E-state index contributed by atoms with van der Waals surface area (Å²) < 4.78 is 0. The Hall–Kier alpha value is -0.170. The van der Waals surface area contributed by atoms with Crippen molar-refractivity contribution in [3.63, 3.8) is 0 Å². The summed E-state index contributed by atoms with van der Waals surface area (Å²) in [5.41, 5.74) is 0. The van der Waals surface area contributed by atoms with E-state index in [1.165, 1.54) is 0 Å². The molecule has 1 aliphatic carbocycles. The van der Waals surface area contributed by atoms with Crippen LogP contribution in [0.2, 0.25) is 0 Å². The molecule has 1 rings (SSSR count). The molecule has 1 heteroatoms. The maximum atomic E-state index is 4.42. The van der Waals surface area contributed by atoms with Crippen LogP contribution >= 0.6 is 12.6 Å². The Labute approximate surface area is 68.4 Å². The zero-order valence-corrected chi connectivity index (χ0v) is 7.38. The van der Waals surface area contributed by atoms with Crippen LogP contribution in [0.5, 0.6) is 0 Å². The molecule has 3 unspecified atom stereocenters. The molecular formula is C9H14S. The maximum Gasteiger partial charge on any atom is 0.00569 e. The van der Waals surface area contributed by atoms with E-state index in [2.05, 4.69) is 50.8 Å². The van der Waals surface area contributed by atoms with Crippen LogP contribution in [0, 0.1) is 11.8 Å². The first-order valence-electron chi connectivity index (χ1n) is 3.75. The molecule has 1 aliphatic rings. The van der Waals surface area contributed by atoms with Crippen LogP contribution in [0.3, 0.4) is 0 Å². The van der Waals surface area contributed by atoms with Gasteiger partial charge >= 0.3 is 0 Å². The summed E-state index contributed by atoms with van der Waals surface area (Å²) in [7, 11) is 0. The van der Waals surface area contributed by atoms with Gasteiger partial charge in [-0.2, -0.15) is 12.6 Å². The maximum absolute atomic E-state index is 4.42. The van der Waals surface area contributed by atoms with E-state index in [0.717, 1.165) is 0 Å². The molecule has 10 heavy (non-hydrogen) atoms. The van der Waals surface area contributed by atoms with Gasteiger partial charge in [-0.15, -0.1) is 0 Å². The van der Waals surface area contributed by atoms with Gasteiger partial charge in [0.15, 0.2) is 0 Å². The van der Waals surface area contributed by atoms with Crippen LogP contribution < -0.4 is 0 Å². The van der Waals surface area contributed by atoms with Crippen molar-refractivity contribution in [3.8, 4) is 0 Å². The van der Waals surface area contributed by atoms with Gasteiger partial charge < -0.3 is 0 Å². The van der Waals surface area contributed by atoms with Crippen LogP contribution in [-0.4, -0.2) is 5.25 Å². The Morgan fingerprint density at radius 1 is 1.30 bits per heavy atom. The van der Waals surface area contributed by atoms with Crippen molar-refractivity contribution in [3.05, 3.63) is 24.3 Å². The van der Waals surface area contributed by atoms with E-state index in [1.54, 1.807) is 0 Å². The Kier molecular flexibility index (Phi) is 2.61. The lowest BCUT2D eigenvalue weighted by Gasteiger charge is -2.22. The topological polar surface area (TPSA) is 0 Å². The summed E-state index contributed by atoms with van der Waals surface area (Å²) in [5.74, 6) is 1.27. The second kappa shape index (κ2) is 3.29. The first-order valence-corrected chi connectivity index (χ1v) is 4.26. The molecule has 0 aromatic heterocycles. The van der Waals surface area contributed by atoms with E-state index in [9.17, 15) is 0 Å². The summed E-state index contributed by atoms with van der Waals surface area (Å²) in [4.78, 5) is 0. The van der Waals surface area contributed by atoms with Crippen molar-refractivity contribution in [1.82, 2.24) is 0 Å². The smallest absolute Gasteiger partial charge is 0.00569 e. The van der Waals surface area contributed by atoms with Crippen molar-refractivity contribution in [2.75, 3.05) is 0 Å². The molecule has 0 spiro atoms. The molecule has 0 aromatic rings. The Bertz CT molecular complexity index is 156. The van der Waals surface area contributed by atoms with Crippen LogP contribution in [-0.2, 0) is 0 Å². The lowest BCUT2D eigenvalue weighted by molar-refractivity contribution is 0.505. The summed E-state index contributed by atoms with van der Waals surface area (Å²) in [6.07, 6.45) is 8.69. The van der Waals surface area contributed by atoms with E-state index in [4.69, 9.17) is 0 Å². The fourth-order valence-corrected chi connectivity index (χ4v) is 1.71. The molecule has 0 nitrogen and oxygen atoms in total. The van der Waals surface area contributed by atoms with Crippen molar-refractivity contribution < 1.29 is 0 Å². The quantitative estimate of drug-likeness (QED) is 0.552. The van der Waals surface area contributed by atoms with Gasteiger partial charge in [0, 0.05) is 5.25 Å². The predicted octanol–water partition coefficient (Wildman–Crippen LogP) is 2.68. The molecule has 0 saturated heterocycles. The molecule has 0 aliphatic heterocycles. The molecule has 56 valence electrons. The first-order chi connectivity index (χ1) is 4.72. The number of hydrogen-bond donors (Lipinski definition) is 1. The fraction of sp³-hybridized carbons (Fsp3) is 0.556. The first kappa shape index (κ1) is 7.93. The number of allylic oxidation sites excluding steroid dienone is 4. The molecule has 0 saturated carbocycles. The molecule has 0 N–H and O–H groups in total. The van der Waals surface area contributed by atoms with E-state index < -0.39 is 0 Å². The van der Waals surface area contributed by atoms with Gasteiger partial charge in [0.25, 0.3) is 0 Å². The monoisotopic (exact) mass is 154 g/mol. The zero-order valence-electron chi connectivity index (χ0n) is 6.49. The minimum atomic E-state index is 0.469. The minimum absolute atomic E-state index is 0.469. The van der Waals surface area contributed by atoms with Gasteiger partial charge in [-0.25, -0.2) is 0 Å². The third-order valence-corrected chi connectivity index (χ3v) is 2.37. The molecule has 3 atom stereocenters. The Balaban J connectivity index is 2.61. The molecule has 0 amide bonds. The molecule has 0 aromatic carbocycles. The Morgan fingerprint density at radius 3 is 2.30 bits per heavy atom. The van der Waals surface area contributed by atoms with E-state index >= 15 is 0 Å². The molecule has 0 radical (unpaired) electrons. The van der Waals surface area contributed by atoms with Gasteiger partial charge in [-0.05, 0) is 11.8 Å². The van der Waals surface area contributed by atoms with Crippen LogP contribution in [0.4, 0.5) is 0 Å². The number of rotatable bonds is 1. The molecule has 0 heterocycles. The second-order valence-electron chi connectivity index (χ2n) is 2.95. The third kappa shape index (κ3) is 1.66. The summed E-state index contributed by atoms with van der Waals surface area (Å²) in [6.45, 7) is 4.38. The largest absolute Gasteiger partial charge is 0.176 e. The minimum Gasteiger partial charge on any atom is -0.176 e. The standard InChI is InChI=1S/C9H14S/c1-7-5-3-4-6-9(7)8(2)10/h3-10H,1-2H3. The lowest BCUT2D eigenvalue weighted by Crippen LogP contribution is -2.17. The highest BCUT2D eigenvalue weighted by molar-refractivity contribution is 7.80. The van der Waals surface area contributed by atoms with Crippen molar-refractivity contribution in [2.24, 2.45) is 11.8 Å². The molecular weight excluding hydrogens is 140 g/mol. The van der Waals surface area contributed by atoms with Gasteiger partial charge in [0.05, 0.1) is 0 Å². The van der Waals surface area contributed by atoms with E-state index in [0.29, 0.717) is 17.1 Å². The summed E-state index contributed by atoms with van der Waals surface area (Å²) in [5, 5.41) is 0.469. The van der Waals surface area contributed by atoms with Crippen molar-refractivity contribution in [1.29, 1.82) is 0 Å². The highest BCUT2D eigenvalue weighted by Gasteiger charge is 2.17. The Morgan fingerprint density at radius 2 is 1.90 bits per heavy atom. The van der Waals surface area contributed by atoms with Crippen LogP contribution in [0.1, 0.15) is 13.8 Å². The normalized spacial score (nSPS) is 34.3. The highest BCUT2D eigenvalue weighted by Crippen LogP contribution is 2.24. The van der Waals surface area contributed by atoms with Gasteiger partial charge in [0.1, 0.15) is 0 Å². The highest BCUT2D eigenvalue weighted by atomic mass is 32.1. The molecule has 0 fully saturated rings. The zero-order chi connectivity index (χ0) is 7.56. The van der Waals surface area contributed by atoms with Gasteiger partial charge in [-0.1, -0.05) is 38.2 Å². The number of hydrogen-bond acceptors (Lipinski definition) is 1. The summed E-state index contributed by atoms with van der Waals surface area (Å²) in [6, 6.07) is 0. The second-order valence-corrected chi connectivity index (χ2v) is 3.76. The number of thiol groups is 1. The third-order valence-electron chi connectivity index (χ3n) is 2.02. The van der Waals surface area contributed by atoms with Crippen molar-refractivity contribution in [2.45, 2.75) is 19.1 Å². The molecule has 0 bridgehead atoms. The van der Waals surface area contributed by atoms with Gasteiger partial charge in [-0.3, -0.25) is 0 Å². The van der Waals surface area contributed by atoms with Crippen molar-refractivity contribution >= 4 is 12.6 Å². The van der Waals surface area contributed by atoms with Crippen LogP contribution in [0.15, 0.2) is 24.3 Å². The summed E-state index contributed by atoms with van der Waals surface area (Å²) >= 11 is 4.42. The van der Waals surface area contributed by atoms with Gasteiger partial charge in [0.2, 0.25) is 0 Å². The SMILES string of the molecule is CC(S)C1C=CC=CC1C. The van der Waals surface area contributed by atoms with E-state index in [-0.39, 0.29) is 0 Å². The predicted molar refractivity (Wildman–Crippen MR) is 49.4 cm³/mol. The average molecular weight is 154 g/mol. The lowest BCUT2D eigenvalue weighted by atomic mass is 9.88. The fourth-order valence-electron chi connectivity index (χ4n) is 1.34. The average Bonchev–Trinajstić information content (AvgIpc) is 1.88.